The molecule has 3 heterocycles. The fourth-order valence-electron chi connectivity index (χ4n) is 4.23. The molecule has 1 saturated heterocycles. The van der Waals surface area contributed by atoms with Gasteiger partial charge in [-0.15, -0.1) is 0 Å². The first-order valence-electron chi connectivity index (χ1n) is 12.2. The van der Waals surface area contributed by atoms with Crippen molar-refractivity contribution in [3.63, 3.8) is 0 Å². The van der Waals surface area contributed by atoms with E-state index in [2.05, 4.69) is 36.3 Å². The number of amides is 3. The molecule has 2 aromatic carbocycles. The normalized spacial score (nSPS) is 16.4. The Hall–Kier alpha value is -5.01. The van der Waals surface area contributed by atoms with Crippen molar-refractivity contribution in [2.75, 3.05) is 10.6 Å². The van der Waals surface area contributed by atoms with Crippen LogP contribution in [0.3, 0.4) is 0 Å². The van der Waals surface area contributed by atoms with E-state index in [4.69, 9.17) is 0 Å². The highest BCUT2D eigenvalue weighted by Crippen LogP contribution is 2.34. The number of anilines is 2. The van der Waals surface area contributed by atoms with Crippen molar-refractivity contribution in [2.45, 2.75) is 31.6 Å². The van der Waals surface area contributed by atoms with Gasteiger partial charge in [0.25, 0.3) is 5.91 Å². The van der Waals surface area contributed by atoms with Crippen LogP contribution in [-0.4, -0.2) is 37.6 Å². The lowest BCUT2D eigenvalue weighted by Crippen LogP contribution is -2.22. The predicted octanol–water partition coefficient (Wildman–Crippen LogP) is 4.32. The molecule has 0 unspecified atom stereocenters. The number of nitrogens with zero attached hydrogens (tertiary/aromatic N) is 4. The van der Waals surface area contributed by atoms with Crippen LogP contribution in [0.1, 0.15) is 29.5 Å². The highest BCUT2D eigenvalue weighted by molar-refractivity contribution is 6.14. The van der Waals surface area contributed by atoms with Gasteiger partial charge in [-0.2, -0.15) is 32.8 Å². The molecule has 4 N–H and O–H groups in total. The minimum absolute atomic E-state index is 0.0294. The minimum Gasteiger partial charge on any atom is -0.351 e. The van der Waals surface area contributed by atoms with E-state index in [0.717, 1.165) is 25.0 Å². The lowest BCUT2D eigenvalue weighted by atomic mass is 9.97. The maximum atomic E-state index is 14.2. The number of halogens is 4. The third-order valence-corrected chi connectivity index (χ3v) is 6.34. The summed E-state index contributed by atoms with van der Waals surface area (Å²) in [4.78, 5) is 32.5. The Morgan fingerprint density at radius 2 is 1.90 bits per heavy atom. The SMILES string of the molecule is O=C1NC(=O)/C(=C/c2cnn3c(NC4CC4)nc(NCc4ccc(F)cc4-c4cccc(C(F)(F)F)c4)nc23)N1. The smallest absolute Gasteiger partial charge is 0.351 e. The molecule has 2 fully saturated rings. The van der Waals surface area contributed by atoms with Crippen LogP contribution in [0.2, 0.25) is 0 Å². The third-order valence-electron chi connectivity index (χ3n) is 6.34. The Kier molecular flexibility index (Phi) is 6.08. The largest absolute Gasteiger partial charge is 0.416 e. The van der Waals surface area contributed by atoms with Crippen LogP contribution in [0.15, 0.2) is 54.4 Å². The van der Waals surface area contributed by atoms with Crippen molar-refractivity contribution >= 4 is 35.6 Å². The average Bonchev–Trinajstić information content (AvgIpc) is 3.55. The summed E-state index contributed by atoms with van der Waals surface area (Å²) in [7, 11) is 0. The Morgan fingerprint density at radius 1 is 1.07 bits per heavy atom. The summed E-state index contributed by atoms with van der Waals surface area (Å²) in [5.74, 6) is -0.636. The van der Waals surface area contributed by atoms with Gasteiger partial charge in [0.05, 0.1) is 11.8 Å². The van der Waals surface area contributed by atoms with Crippen molar-refractivity contribution in [1.82, 2.24) is 30.2 Å². The summed E-state index contributed by atoms with van der Waals surface area (Å²) in [6.07, 6.45) is 0.271. The standard InChI is InChI=1S/C26H20F4N8O2/c27-17-5-4-14(19(10-17)13-2-1-3-16(8-13)26(28,29)30)11-31-23-35-21-15(9-20-22(39)36-25(40)34-20)12-32-38(21)24(37-23)33-18-6-7-18/h1-5,8-10,12,18H,6-7,11H2,(H2,31,33,35,37)(H2,34,36,39,40)/b20-9-. The zero-order valence-corrected chi connectivity index (χ0v) is 20.5. The number of imide groups is 1. The lowest BCUT2D eigenvalue weighted by molar-refractivity contribution is -0.137. The van der Waals surface area contributed by atoms with Gasteiger partial charge in [-0.25, -0.2) is 9.18 Å². The predicted molar refractivity (Wildman–Crippen MR) is 136 cm³/mol. The number of aromatic nitrogens is 4. The van der Waals surface area contributed by atoms with Crippen molar-refractivity contribution in [3.8, 4) is 11.1 Å². The Morgan fingerprint density at radius 3 is 2.62 bits per heavy atom. The zero-order valence-electron chi connectivity index (χ0n) is 20.5. The van der Waals surface area contributed by atoms with Crippen LogP contribution in [0.4, 0.5) is 34.3 Å². The van der Waals surface area contributed by atoms with Gasteiger partial charge < -0.3 is 16.0 Å². The van der Waals surface area contributed by atoms with Crippen molar-refractivity contribution < 1.29 is 27.2 Å². The number of benzene rings is 2. The van der Waals surface area contributed by atoms with E-state index in [-0.39, 0.29) is 35.4 Å². The molecular weight excluding hydrogens is 532 g/mol. The molecule has 6 rings (SSSR count). The van der Waals surface area contributed by atoms with Crippen LogP contribution in [0.5, 0.6) is 0 Å². The number of hydrogen-bond acceptors (Lipinski definition) is 7. The van der Waals surface area contributed by atoms with Crippen LogP contribution in [-0.2, 0) is 17.5 Å². The van der Waals surface area contributed by atoms with Gasteiger partial charge >= 0.3 is 12.2 Å². The topological polar surface area (TPSA) is 125 Å². The fraction of sp³-hybridized carbons (Fsp3) is 0.192. The van der Waals surface area contributed by atoms with Gasteiger partial charge in [-0.05, 0) is 59.9 Å². The average molecular weight is 552 g/mol. The second-order valence-electron chi connectivity index (χ2n) is 9.32. The Balaban J connectivity index is 1.34. The molecule has 204 valence electrons. The highest BCUT2D eigenvalue weighted by atomic mass is 19.4. The molecule has 0 atom stereocenters. The van der Waals surface area contributed by atoms with Gasteiger partial charge in [0.2, 0.25) is 11.9 Å². The molecule has 0 bridgehead atoms. The molecule has 0 spiro atoms. The number of hydrogen-bond donors (Lipinski definition) is 4. The first-order valence-corrected chi connectivity index (χ1v) is 12.2. The number of fused-ring (bicyclic) bond motifs is 1. The summed E-state index contributed by atoms with van der Waals surface area (Å²) in [6, 6.07) is 8.14. The molecule has 10 nitrogen and oxygen atoms in total. The molecular formula is C26H20F4N8O2. The molecule has 14 heteroatoms. The van der Waals surface area contributed by atoms with Gasteiger partial charge in [0.1, 0.15) is 11.5 Å². The van der Waals surface area contributed by atoms with E-state index >= 15 is 0 Å². The maximum absolute atomic E-state index is 14.2. The number of carbonyl (C=O) groups excluding carboxylic acids is 2. The molecule has 1 aliphatic carbocycles. The minimum atomic E-state index is -4.55. The van der Waals surface area contributed by atoms with E-state index in [1.54, 1.807) is 0 Å². The second-order valence-corrected chi connectivity index (χ2v) is 9.32. The van der Waals surface area contributed by atoms with Gasteiger partial charge in [0, 0.05) is 18.2 Å². The first kappa shape index (κ1) is 25.3. The van der Waals surface area contributed by atoms with E-state index in [0.29, 0.717) is 22.7 Å². The molecule has 1 saturated carbocycles. The van der Waals surface area contributed by atoms with Gasteiger partial charge in [0.15, 0.2) is 5.65 Å². The lowest BCUT2D eigenvalue weighted by Gasteiger charge is -2.14. The number of carbonyl (C=O) groups is 2. The number of urea groups is 1. The zero-order chi connectivity index (χ0) is 28.0. The summed E-state index contributed by atoms with van der Waals surface area (Å²) in [5, 5.41) is 15.2. The Labute approximate surface area is 223 Å². The maximum Gasteiger partial charge on any atom is 0.416 e. The molecule has 1 aliphatic heterocycles. The number of alkyl halides is 3. The summed E-state index contributed by atoms with van der Waals surface area (Å²) >= 11 is 0. The van der Waals surface area contributed by atoms with Gasteiger partial charge in [-0.1, -0.05) is 18.2 Å². The van der Waals surface area contributed by atoms with E-state index in [1.165, 1.54) is 47.1 Å². The summed E-state index contributed by atoms with van der Waals surface area (Å²) in [5.41, 5.74) is 0.965. The molecule has 3 amide bonds. The Bertz CT molecular complexity index is 1690. The highest BCUT2D eigenvalue weighted by Gasteiger charge is 2.31. The summed E-state index contributed by atoms with van der Waals surface area (Å²) in [6.45, 7) is 0.0634. The van der Waals surface area contributed by atoms with Crippen LogP contribution in [0, 0.1) is 5.82 Å². The second kappa shape index (κ2) is 9.63. The van der Waals surface area contributed by atoms with Crippen LogP contribution < -0.4 is 21.3 Å². The molecule has 4 aromatic rings. The van der Waals surface area contributed by atoms with Crippen molar-refractivity contribution in [3.05, 3.63) is 76.9 Å². The van der Waals surface area contributed by atoms with E-state index in [9.17, 15) is 27.2 Å². The third kappa shape index (κ3) is 5.15. The first-order chi connectivity index (χ1) is 19.1. The fourth-order valence-corrected chi connectivity index (χ4v) is 4.23. The molecule has 2 aliphatic rings. The van der Waals surface area contributed by atoms with E-state index in [1.807, 2.05) is 0 Å². The summed E-state index contributed by atoms with van der Waals surface area (Å²) < 4.78 is 55.6. The van der Waals surface area contributed by atoms with Gasteiger partial charge in [-0.3, -0.25) is 10.1 Å². The number of nitrogens with one attached hydrogen (secondary N) is 4. The molecule has 40 heavy (non-hydrogen) atoms. The van der Waals surface area contributed by atoms with Crippen molar-refractivity contribution in [1.29, 1.82) is 0 Å². The van der Waals surface area contributed by atoms with E-state index < -0.39 is 29.5 Å². The monoisotopic (exact) mass is 552 g/mol. The quantitative estimate of drug-likeness (QED) is 0.153. The van der Waals surface area contributed by atoms with Crippen LogP contribution in [0.25, 0.3) is 22.9 Å². The number of rotatable bonds is 7. The van der Waals surface area contributed by atoms with Crippen molar-refractivity contribution in [2.24, 2.45) is 0 Å². The molecule has 2 aromatic heterocycles. The van der Waals surface area contributed by atoms with Crippen LogP contribution >= 0.6 is 0 Å². The molecule has 0 radical (unpaired) electrons.